The van der Waals surface area contributed by atoms with Crippen molar-refractivity contribution in [3.05, 3.63) is 34.4 Å². The predicted molar refractivity (Wildman–Crippen MR) is 86.2 cm³/mol. The first-order chi connectivity index (χ1) is 10.2. The number of nitrogens with one attached hydrogen (secondary N) is 1. The van der Waals surface area contributed by atoms with Crippen LogP contribution in [0.1, 0.15) is 73.6 Å². The van der Waals surface area contributed by atoms with E-state index >= 15 is 0 Å². The van der Waals surface area contributed by atoms with Crippen molar-refractivity contribution in [2.24, 2.45) is 0 Å². The average molecular weight is 303 g/mol. The lowest BCUT2D eigenvalue weighted by molar-refractivity contribution is 0.0503. The number of carbonyl (C=O) groups is 2. The number of hydrogen-bond donors (Lipinski definition) is 1. The summed E-state index contributed by atoms with van der Waals surface area (Å²) in [5, 5.41) is 2.94. The van der Waals surface area contributed by atoms with E-state index in [1.165, 1.54) is 5.56 Å². The van der Waals surface area contributed by atoms with Crippen LogP contribution in [-0.2, 0) is 11.2 Å². The molecule has 0 saturated carbocycles. The Hall–Kier alpha value is -1.84. The van der Waals surface area contributed by atoms with Crippen LogP contribution in [0.4, 0.5) is 4.79 Å². The number of carbonyl (C=O) groups excluding carboxylic acids is 2. The molecule has 0 radical (unpaired) electrons. The maximum atomic E-state index is 12.0. The van der Waals surface area contributed by atoms with Crippen LogP contribution in [0.2, 0.25) is 0 Å². The third-order valence-electron chi connectivity index (χ3n) is 4.01. The Morgan fingerprint density at radius 2 is 2.00 bits per heavy atom. The molecule has 1 atom stereocenters. The Morgan fingerprint density at radius 1 is 1.32 bits per heavy atom. The molecular weight excluding hydrogens is 278 g/mol. The molecule has 4 heteroatoms. The first kappa shape index (κ1) is 16.5. The summed E-state index contributed by atoms with van der Waals surface area (Å²) in [4.78, 5) is 23.9. The zero-order valence-corrected chi connectivity index (χ0v) is 14.1. The van der Waals surface area contributed by atoms with Crippen LogP contribution in [0.15, 0.2) is 12.1 Å². The lowest BCUT2D eigenvalue weighted by Crippen LogP contribution is -2.34. The minimum atomic E-state index is -0.501. The molecule has 0 fully saturated rings. The number of benzene rings is 1. The van der Waals surface area contributed by atoms with E-state index in [1.54, 1.807) is 0 Å². The summed E-state index contributed by atoms with van der Waals surface area (Å²) in [6.45, 7) is 9.42. The molecule has 0 bridgehead atoms. The summed E-state index contributed by atoms with van der Waals surface area (Å²) in [5.74, 6) is 0.170. The molecule has 0 saturated heterocycles. The maximum Gasteiger partial charge on any atom is 0.408 e. The number of ketones is 1. The number of hydrogen-bond acceptors (Lipinski definition) is 3. The maximum absolute atomic E-state index is 12.0. The number of Topliss-reactive ketones (excluding diaryl/α,β-unsaturated/α-hetero) is 1. The van der Waals surface area contributed by atoms with Crippen LogP contribution in [0, 0.1) is 6.92 Å². The number of fused-ring (bicyclic) bond motifs is 1. The van der Waals surface area contributed by atoms with Crippen molar-refractivity contribution in [3.8, 4) is 0 Å². The van der Waals surface area contributed by atoms with E-state index in [2.05, 4.69) is 5.32 Å². The van der Waals surface area contributed by atoms with E-state index < -0.39 is 11.7 Å². The fourth-order valence-corrected chi connectivity index (χ4v) is 2.97. The fourth-order valence-electron chi connectivity index (χ4n) is 2.97. The molecule has 1 N–H and O–H groups in total. The number of ether oxygens (including phenoxy) is 1. The standard InChI is InChI=1S/C18H25NO3/c1-6-16(20)13-7-8-14-12(11(13)2)9-10-15(14)19-17(21)22-18(3,4)5/h7-8,15H,6,9-10H2,1-5H3,(H,19,21)/t15-/m0/s1. The van der Waals surface area contributed by atoms with Crippen LogP contribution in [0.25, 0.3) is 0 Å². The van der Waals surface area contributed by atoms with Crippen molar-refractivity contribution in [1.82, 2.24) is 5.32 Å². The molecule has 1 amide bonds. The quantitative estimate of drug-likeness (QED) is 0.855. The van der Waals surface area contributed by atoms with E-state index in [9.17, 15) is 9.59 Å². The number of amides is 1. The average Bonchev–Trinajstić information content (AvgIpc) is 2.80. The van der Waals surface area contributed by atoms with Gasteiger partial charge in [0.15, 0.2) is 5.78 Å². The molecule has 1 aromatic carbocycles. The fraction of sp³-hybridized carbons (Fsp3) is 0.556. The van der Waals surface area contributed by atoms with Gasteiger partial charge in [0, 0.05) is 12.0 Å². The highest BCUT2D eigenvalue weighted by Gasteiger charge is 2.28. The Bertz CT molecular complexity index is 599. The van der Waals surface area contributed by atoms with E-state index in [0.717, 1.165) is 29.5 Å². The van der Waals surface area contributed by atoms with Gasteiger partial charge < -0.3 is 10.1 Å². The third kappa shape index (κ3) is 3.49. The predicted octanol–water partition coefficient (Wildman–Crippen LogP) is 4.10. The van der Waals surface area contributed by atoms with Crippen molar-refractivity contribution in [1.29, 1.82) is 0 Å². The van der Waals surface area contributed by atoms with Crippen LogP contribution in [-0.4, -0.2) is 17.5 Å². The lowest BCUT2D eigenvalue weighted by Gasteiger charge is -2.22. The second-order valence-corrected chi connectivity index (χ2v) is 6.82. The topological polar surface area (TPSA) is 55.4 Å². The molecule has 4 nitrogen and oxygen atoms in total. The molecule has 1 aliphatic carbocycles. The minimum absolute atomic E-state index is 0.0330. The van der Waals surface area contributed by atoms with Gasteiger partial charge in [-0.2, -0.15) is 0 Å². The molecule has 2 rings (SSSR count). The van der Waals surface area contributed by atoms with Crippen molar-refractivity contribution in [2.45, 2.75) is 65.5 Å². The Labute approximate surface area is 132 Å². The van der Waals surface area contributed by atoms with Gasteiger partial charge in [-0.25, -0.2) is 4.79 Å². The molecule has 0 aliphatic heterocycles. The van der Waals surface area contributed by atoms with Gasteiger partial charge >= 0.3 is 6.09 Å². The van der Waals surface area contributed by atoms with Gasteiger partial charge in [0.1, 0.15) is 5.60 Å². The normalized spacial score (nSPS) is 17.0. The van der Waals surface area contributed by atoms with Crippen LogP contribution >= 0.6 is 0 Å². The zero-order valence-electron chi connectivity index (χ0n) is 14.1. The molecule has 1 aromatic rings. The molecule has 0 spiro atoms. The van der Waals surface area contributed by atoms with E-state index in [1.807, 2.05) is 46.8 Å². The van der Waals surface area contributed by atoms with Crippen molar-refractivity contribution in [3.63, 3.8) is 0 Å². The van der Waals surface area contributed by atoms with Gasteiger partial charge in [0.05, 0.1) is 6.04 Å². The second-order valence-electron chi connectivity index (χ2n) is 6.82. The first-order valence-corrected chi connectivity index (χ1v) is 7.88. The van der Waals surface area contributed by atoms with Crippen molar-refractivity contribution >= 4 is 11.9 Å². The van der Waals surface area contributed by atoms with E-state index in [4.69, 9.17) is 4.74 Å². The van der Waals surface area contributed by atoms with Gasteiger partial charge in [0.25, 0.3) is 0 Å². The monoisotopic (exact) mass is 303 g/mol. The van der Waals surface area contributed by atoms with Gasteiger partial charge in [-0.3, -0.25) is 4.79 Å². The van der Waals surface area contributed by atoms with Crippen LogP contribution in [0.5, 0.6) is 0 Å². The van der Waals surface area contributed by atoms with Gasteiger partial charge in [-0.15, -0.1) is 0 Å². The van der Waals surface area contributed by atoms with Gasteiger partial charge in [-0.05, 0) is 57.2 Å². The summed E-state index contributed by atoms with van der Waals surface area (Å²) in [6, 6.07) is 3.82. The highest BCUT2D eigenvalue weighted by atomic mass is 16.6. The second kappa shape index (κ2) is 6.11. The molecule has 22 heavy (non-hydrogen) atoms. The summed E-state index contributed by atoms with van der Waals surface area (Å²) >= 11 is 0. The zero-order chi connectivity index (χ0) is 16.5. The Balaban J connectivity index is 2.18. The summed E-state index contributed by atoms with van der Waals surface area (Å²) in [7, 11) is 0. The molecule has 1 aliphatic rings. The first-order valence-electron chi connectivity index (χ1n) is 7.88. The summed E-state index contributed by atoms with van der Waals surface area (Å²) < 4.78 is 5.32. The largest absolute Gasteiger partial charge is 0.444 e. The van der Waals surface area contributed by atoms with Gasteiger partial charge in [-0.1, -0.05) is 19.1 Å². The van der Waals surface area contributed by atoms with E-state index in [0.29, 0.717) is 6.42 Å². The van der Waals surface area contributed by atoms with Crippen molar-refractivity contribution < 1.29 is 14.3 Å². The summed E-state index contributed by atoms with van der Waals surface area (Å²) in [5.41, 5.74) is 3.66. The molecule has 120 valence electrons. The van der Waals surface area contributed by atoms with Crippen LogP contribution < -0.4 is 5.32 Å². The lowest BCUT2D eigenvalue weighted by atomic mass is 9.95. The molecule has 0 unspecified atom stereocenters. The Morgan fingerprint density at radius 3 is 2.59 bits per heavy atom. The molecular formula is C18H25NO3. The number of alkyl carbamates (subject to hydrolysis) is 1. The molecule has 0 heterocycles. The van der Waals surface area contributed by atoms with Crippen molar-refractivity contribution in [2.75, 3.05) is 0 Å². The van der Waals surface area contributed by atoms with E-state index in [-0.39, 0.29) is 11.8 Å². The summed E-state index contributed by atoms with van der Waals surface area (Å²) in [6.07, 6.45) is 1.85. The van der Waals surface area contributed by atoms with Crippen LogP contribution in [0.3, 0.4) is 0 Å². The minimum Gasteiger partial charge on any atom is -0.444 e. The highest BCUT2D eigenvalue weighted by Crippen LogP contribution is 2.35. The smallest absolute Gasteiger partial charge is 0.408 e. The Kier molecular flexibility index (Phi) is 4.59. The SMILES string of the molecule is CCC(=O)c1ccc2c(c1C)CC[C@@H]2NC(=O)OC(C)(C)C. The number of rotatable bonds is 3. The van der Waals surface area contributed by atoms with Gasteiger partial charge in [0.2, 0.25) is 0 Å². The highest BCUT2D eigenvalue weighted by molar-refractivity contribution is 5.97. The third-order valence-corrected chi connectivity index (χ3v) is 4.01. The molecule has 0 aromatic heterocycles.